The maximum Gasteiger partial charge on any atom is 0.341 e. The van der Waals surface area contributed by atoms with Gasteiger partial charge in [-0.2, -0.15) is 0 Å². The summed E-state index contributed by atoms with van der Waals surface area (Å²) in [5.41, 5.74) is 2.31. The molecular formula is C29H27F2N7O3. The molecule has 0 aliphatic carbocycles. The summed E-state index contributed by atoms with van der Waals surface area (Å²) in [4.78, 5) is 41.9. The number of fused-ring (bicyclic) bond motifs is 5. The van der Waals surface area contributed by atoms with E-state index in [0.717, 1.165) is 31.7 Å². The van der Waals surface area contributed by atoms with Crippen LogP contribution in [0.5, 0.6) is 0 Å². The van der Waals surface area contributed by atoms with E-state index in [2.05, 4.69) is 37.1 Å². The van der Waals surface area contributed by atoms with Crippen LogP contribution in [0.2, 0.25) is 0 Å². The first-order valence-electron chi connectivity index (χ1n) is 13.4. The number of H-pyrrole nitrogens is 1. The lowest BCUT2D eigenvalue weighted by Crippen LogP contribution is -2.35. The van der Waals surface area contributed by atoms with E-state index in [1.807, 2.05) is 0 Å². The summed E-state index contributed by atoms with van der Waals surface area (Å²) in [6.45, 7) is 2.57. The number of carboxylic acids is 1. The Hall–Kier alpha value is -4.58. The molecule has 2 aliphatic rings. The van der Waals surface area contributed by atoms with E-state index in [-0.39, 0.29) is 22.7 Å². The summed E-state index contributed by atoms with van der Waals surface area (Å²) in [7, 11) is 5.26. The van der Waals surface area contributed by atoms with Crippen molar-refractivity contribution >= 4 is 50.3 Å². The van der Waals surface area contributed by atoms with E-state index in [0.29, 0.717) is 44.6 Å². The van der Waals surface area contributed by atoms with Gasteiger partial charge in [-0.3, -0.25) is 4.79 Å². The standard InChI is InChI=1S/C29H27F2N7O3/c1-32-24-22(31)19(30)7-15-21-25(38-5-4-13-10-36(2)12-20(13)38)17(9-33-27(21)35-23(15)24)14-6-16-26(39)18(29(40)41)11-37(3)28(16)34-8-14/h6-9,11,13,20,32H,4-5,10,12H2,1-3H3,(H,33,35)(H,40,41)/t13-,20+/m0/s1. The van der Waals surface area contributed by atoms with Crippen LogP contribution >= 0.6 is 0 Å². The minimum absolute atomic E-state index is 0.0162. The number of anilines is 2. The number of pyridine rings is 3. The minimum Gasteiger partial charge on any atom is -0.477 e. The number of likely N-dealkylation sites (N-methyl/N-ethyl adjacent to an activating group) is 1. The maximum atomic E-state index is 14.9. The Kier molecular flexibility index (Phi) is 5.55. The van der Waals surface area contributed by atoms with Gasteiger partial charge in [-0.25, -0.2) is 23.5 Å². The van der Waals surface area contributed by atoms with E-state index in [1.165, 1.54) is 23.9 Å². The lowest BCUT2D eigenvalue weighted by Gasteiger charge is -2.29. The molecule has 2 fully saturated rings. The van der Waals surface area contributed by atoms with Crippen LogP contribution in [-0.2, 0) is 7.05 Å². The lowest BCUT2D eigenvalue weighted by molar-refractivity contribution is 0.0695. The van der Waals surface area contributed by atoms with Gasteiger partial charge in [0.1, 0.15) is 16.9 Å². The fraction of sp³-hybridized carbons (Fsp3) is 0.310. The van der Waals surface area contributed by atoms with Crippen molar-refractivity contribution < 1.29 is 18.7 Å². The number of hydrogen-bond donors (Lipinski definition) is 3. The van der Waals surface area contributed by atoms with Crippen molar-refractivity contribution in [1.29, 1.82) is 0 Å². The third-order valence-electron chi connectivity index (χ3n) is 8.61. The highest BCUT2D eigenvalue weighted by atomic mass is 19.2. The Balaban J connectivity index is 1.56. The molecule has 10 nitrogen and oxygen atoms in total. The molecule has 5 aromatic rings. The van der Waals surface area contributed by atoms with Gasteiger partial charge in [0.25, 0.3) is 0 Å². The first-order valence-corrected chi connectivity index (χ1v) is 13.4. The molecule has 0 bridgehead atoms. The second kappa shape index (κ2) is 8.96. The van der Waals surface area contributed by atoms with Crippen LogP contribution in [0.25, 0.3) is 44.1 Å². The number of nitrogens with zero attached hydrogens (tertiary/aromatic N) is 5. The summed E-state index contributed by atoms with van der Waals surface area (Å²) in [5.74, 6) is -2.82. The molecule has 0 unspecified atom stereocenters. The van der Waals surface area contributed by atoms with Gasteiger partial charge in [0.2, 0.25) is 5.43 Å². The van der Waals surface area contributed by atoms with Crippen LogP contribution in [0.1, 0.15) is 16.8 Å². The molecule has 0 radical (unpaired) electrons. The van der Waals surface area contributed by atoms with Crippen molar-refractivity contribution in [1.82, 2.24) is 24.4 Å². The summed E-state index contributed by atoms with van der Waals surface area (Å²) in [6, 6.07) is 3.04. The first kappa shape index (κ1) is 25.4. The third kappa shape index (κ3) is 3.63. The summed E-state index contributed by atoms with van der Waals surface area (Å²) in [5, 5.41) is 13.7. The minimum atomic E-state index is -1.32. The van der Waals surface area contributed by atoms with Gasteiger partial charge in [0, 0.05) is 74.9 Å². The monoisotopic (exact) mass is 559 g/mol. The Morgan fingerprint density at radius 3 is 2.71 bits per heavy atom. The summed E-state index contributed by atoms with van der Waals surface area (Å²) in [6.07, 6.45) is 5.55. The molecule has 0 saturated carbocycles. The molecule has 4 aromatic heterocycles. The molecule has 3 N–H and O–H groups in total. The van der Waals surface area contributed by atoms with Gasteiger partial charge in [-0.05, 0) is 31.5 Å². The molecule has 6 heterocycles. The predicted molar refractivity (Wildman–Crippen MR) is 153 cm³/mol. The number of aromatic nitrogens is 4. The smallest absolute Gasteiger partial charge is 0.341 e. The zero-order valence-corrected chi connectivity index (χ0v) is 22.6. The van der Waals surface area contributed by atoms with Gasteiger partial charge in [0.15, 0.2) is 11.6 Å². The van der Waals surface area contributed by atoms with Gasteiger partial charge >= 0.3 is 5.97 Å². The number of hydrogen-bond acceptors (Lipinski definition) is 7. The number of rotatable bonds is 4. The average Bonchev–Trinajstić information content (AvgIpc) is 3.62. The summed E-state index contributed by atoms with van der Waals surface area (Å²) < 4.78 is 31.2. The van der Waals surface area contributed by atoms with Crippen molar-refractivity contribution in [3.8, 4) is 11.1 Å². The Morgan fingerprint density at radius 2 is 1.95 bits per heavy atom. The molecule has 41 heavy (non-hydrogen) atoms. The highest BCUT2D eigenvalue weighted by Gasteiger charge is 2.42. The van der Waals surface area contributed by atoms with Gasteiger partial charge in [-0.15, -0.1) is 0 Å². The Bertz CT molecular complexity index is 1990. The molecular weight excluding hydrogens is 532 g/mol. The van der Waals surface area contributed by atoms with Crippen LogP contribution in [0.4, 0.5) is 20.2 Å². The quantitative estimate of drug-likeness (QED) is 0.304. The fourth-order valence-electron chi connectivity index (χ4n) is 6.78. The van der Waals surface area contributed by atoms with Crippen molar-refractivity contribution in [2.75, 3.05) is 43.9 Å². The van der Waals surface area contributed by atoms with Crippen LogP contribution in [0.3, 0.4) is 0 Å². The largest absolute Gasteiger partial charge is 0.477 e. The maximum absolute atomic E-state index is 14.9. The van der Waals surface area contributed by atoms with E-state index in [1.54, 1.807) is 25.5 Å². The average molecular weight is 560 g/mol. The number of nitrogens with one attached hydrogen (secondary N) is 2. The zero-order chi connectivity index (χ0) is 28.7. The van der Waals surface area contributed by atoms with Gasteiger partial charge < -0.3 is 29.8 Å². The van der Waals surface area contributed by atoms with Gasteiger partial charge in [-0.1, -0.05) is 0 Å². The number of aryl methyl sites for hydroxylation is 1. The highest BCUT2D eigenvalue weighted by molar-refractivity contribution is 6.18. The van der Waals surface area contributed by atoms with Crippen LogP contribution in [-0.4, -0.2) is 75.3 Å². The third-order valence-corrected chi connectivity index (χ3v) is 8.61. The van der Waals surface area contributed by atoms with Crippen molar-refractivity contribution in [3.63, 3.8) is 0 Å². The molecule has 1 aromatic carbocycles. The number of carbonyl (C=O) groups is 1. The van der Waals surface area contributed by atoms with Crippen LogP contribution < -0.4 is 15.6 Å². The van der Waals surface area contributed by atoms with Crippen LogP contribution in [0, 0.1) is 17.6 Å². The molecule has 0 spiro atoms. The van der Waals surface area contributed by atoms with E-state index in [4.69, 9.17) is 0 Å². The highest BCUT2D eigenvalue weighted by Crippen LogP contribution is 2.46. The van der Waals surface area contributed by atoms with Crippen molar-refractivity contribution in [2.45, 2.75) is 12.5 Å². The Morgan fingerprint density at radius 1 is 1.15 bits per heavy atom. The second-order valence-corrected chi connectivity index (χ2v) is 11.0. The molecule has 7 rings (SSSR count). The Labute approximate surface area is 232 Å². The topological polar surface area (TPSA) is 119 Å². The normalized spacial score (nSPS) is 19.1. The first-order chi connectivity index (χ1) is 19.7. The number of benzene rings is 1. The summed E-state index contributed by atoms with van der Waals surface area (Å²) >= 11 is 0. The number of aromatic carboxylic acids is 1. The lowest BCUT2D eigenvalue weighted by atomic mass is 9.99. The zero-order valence-electron chi connectivity index (χ0n) is 22.6. The van der Waals surface area contributed by atoms with Gasteiger partial charge in [0.05, 0.1) is 27.7 Å². The number of aromatic amines is 1. The molecule has 12 heteroatoms. The second-order valence-electron chi connectivity index (χ2n) is 11.0. The van der Waals surface area contributed by atoms with Crippen LogP contribution in [0.15, 0.2) is 35.5 Å². The van der Waals surface area contributed by atoms with E-state index >= 15 is 0 Å². The van der Waals surface area contributed by atoms with Crippen molar-refractivity contribution in [2.24, 2.45) is 13.0 Å². The molecule has 2 atom stereocenters. The number of halogens is 2. The molecule has 210 valence electrons. The number of likely N-dealkylation sites (tertiary alicyclic amines) is 1. The predicted octanol–water partition coefficient (Wildman–Crippen LogP) is 3.79. The number of carboxylic acid groups (broad SMARTS) is 1. The van der Waals surface area contributed by atoms with E-state index in [9.17, 15) is 23.5 Å². The molecule has 0 amide bonds. The fourth-order valence-corrected chi connectivity index (χ4v) is 6.78. The van der Waals surface area contributed by atoms with E-state index < -0.39 is 23.0 Å². The molecule has 2 aliphatic heterocycles. The SMILES string of the molecule is CNc1c(F)c(F)cc2c1[nH]c1ncc(-c3cnc4c(c3)c(=O)c(C(=O)O)cn4C)c(N3CC[C@H]4CN(C)C[C@H]43)c12. The molecule has 2 saturated heterocycles. The van der Waals surface area contributed by atoms with Crippen molar-refractivity contribution in [3.05, 3.63) is 58.1 Å².